The summed E-state index contributed by atoms with van der Waals surface area (Å²) in [5, 5.41) is 1.76. The molecule has 1 aliphatic rings. The van der Waals surface area contributed by atoms with Crippen LogP contribution in [-0.4, -0.2) is 47.7 Å². The number of hydrogen-bond acceptors (Lipinski definition) is 5. The van der Waals surface area contributed by atoms with Crippen molar-refractivity contribution in [2.24, 2.45) is 0 Å². The first-order valence-electron chi connectivity index (χ1n) is 9.89. The van der Waals surface area contributed by atoms with Gasteiger partial charge in [0.05, 0.1) is 10.2 Å². The number of benzene rings is 2. The Balaban J connectivity index is 1.19. The topological polar surface area (TPSA) is 36.4 Å². The summed E-state index contributed by atoms with van der Waals surface area (Å²) in [6.45, 7) is 3.21. The highest BCUT2D eigenvalue weighted by atomic mass is 35.5. The van der Waals surface area contributed by atoms with Gasteiger partial charge in [-0.05, 0) is 35.9 Å². The lowest BCUT2D eigenvalue weighted by molar-refractivity contribution is -0.131. The highest BCUT2D eigenvalue weighted by Crippen LogP contribution is 2.31. The quantitative estimate of drug-likeness (QED) is 0.461. The van der Waals surface area contributed by atoms with Crippen LogP contribution in [0, 0.1) is 0 Å². The molecule has 1 amide bonds. The number of anilines is 1. The van der Waals surface area contributed by atoms with E-state index >= 15 is 0 Å². The Hall–Kier alpha value is -1.76. The van der Waals surface area contributed by atoms with Crippen LogP contribution in [0.25, 0.3) is 10.2 Å². The summed E-state index contributed by atoms with van der Waals surface area (Å²) in [6, 6.07) is 16.3. The number of nitrogens with zero attached hydrogens (tertiary/aromatic N) is 3. The van der Waals surface area contributed by atoms with Crippen LogP contribution in [0.4, 0.5) is 5.13 Å². The standard InChI is InChI=1S/C22H24ClN3OS2/c23-18-8-9-19-20(15-18)29-22(24-19)26-12-10-25(11-13-26)21(27)7-4-14-28-16-17-5-2-1-3-6-17/h1-3,5-6,8-9,15H,4,7,10-14,16H2. The Labute approximate surface area is 184 Å². The van der Waals surface area contributed by atoms with Gasteiger partial charge < -0.3 is 9.80 Å². The van der Waals surface area contributed by atoms with Crippen molar-refractivity contribution in [3.8, 4) is 0 Å². The van der Waals surface area contributed by atoms with Crippen LogP contribution in [0.2, 0.25) is 5.02 Å². The second-order valence-electron chi connectivity index (χ2n) is 7.12. The van der Waals surface area contributed by atoms with Crippen LogP contribution < -0.4 is 4.90 Å². The van der Waals surface area contributed by atoms with Crippen molar-refractivity contribution in [3.05, 3.63) is 59.1 Å². The number of fused-ring (bicyclic) bond motifs is 1. The SMILES string of the molecule is O=C(CCCSCc1ccccc1)N1CCN(c2nc3ccc(Cl)cc3s2)CC1. The molecule has 7 heteroatoms. The van der Waals surface area contributed by atoms with E-state index in [2.05, 4.69) is 29.2 Å². The molecule has 152 valence electrons. The van der Waals surface area contributed by atoms with Crippen molar-refractivity contribution >= 4 is 56.0 Å². The summed E-state index contributed by atoms with van der Waals surface area (Å²) in [7, 11) is 0. The number of rotatable bonds is 7. The van der Waals surface area contributed by atoms with Crippen LogP contribution in [-0.2, 0) is 10.5 Å². The van der Waals surface area contributed by atoms with Crippen LogP contribution in [0.15, 0.2) is 48.5 Å². The third-order valence-corrected chi connectivity index (χ3v) is 7.46. The first-order chi connectivity index (χ1) is 14.2. The number of amides is 1. The third-order valence-electron chi connectivity index (χ3n) is 5.03. The molecular formula is C22H24ClN3OS2. The molecule has 1 saturated heterocycles. The van der Waals surface area contributed by atoms with Crippen molar-refractivity contribution in [2.45, 2.75) is 18.6 Å². The van der Waals surface area contributed by atoms with Crippen molar-refractivity contribution < 1.29 is 4.79 Å². The molecule has 3 aromatic rings. The molecule has 0 radical (unpaired) electrons. The second kappa shape index (κ2) is 9.83. The molecule has 1 fully saturated rings. The zero-order valence-electron chi connectivity index (χ0n) is 16.2. The second-order valence-corrected chi connectivity index (χ2v) is 9.67. The van der Waals surface area contributed by atoms with Crippen molar-refractivity contribution in [1.29, 1.82) is 0 Å². The summed E-state index contributed by atoms with van der Waals surface area (Å²) in [5.74, 6) is 2.32. The predicted molar refractivity (Wildman–Crippen MR) is 125 cm³/mol. The molecule has 1 aromatic heterocycles. The number of piperazine rings is 1. The Bertz CT molecular complexity index is 955. The van der Waals surface area contributed by atoms with Crippen molar-refractivity contribution in [3.63, 3.8) is 0 Å². The molecule has 29 heavy (non-hydrogen) atoms. The summed E-state index contributed by atoms with van der Waals surface area (Å²) < 4.78 is 1.11. The van der Waals surface area contributed by atoms with Gasteiger partial charge in [0.2, 0.25) is 5.91 Å². The summed E-state index contributed by atoms with van der Waals surface area (Å²) >= 11 is 9.65. The Morgan fingerprint density at radius 2 is 1.90 bits per heavy atom. The van der Waals surface area contributed by atoms with Gasteiger partial charge in [-0.3, -0.25) is 4.79 Å². The lowest BCUT2D eigenvalue weighted by Gasteiger charge is -2.34. The van der Waals surface area contributed by atoms with E-state index in [1.54, 1.807) is 11.3 Å². The first kappa shape index (κ1) is 20.5. The maximum atomic E-state index is 12.5. The van der Waals surface area contributed by atoms with E-state index in [9.17, 15) is 4.79 Å². The summed E-state index contributed by atoms with van der Waals surface area (Å²) in [6.07, 6.45) is 1.58. The molecule has 4 rings (SSSR count). The normalized spacial score (nSPS) is 14.5. The molecule has 0 spiro atoms. The summed E-state index contributed by atoms with van der Waals surface area (Å²) in [5.41, 5.74) is 2.33. The largest absolute Gasteiger partial charge is 0.345 e. The van der Waals surface area contributed by atoms with Gasteiger partial charge in [-0.1, -0.05) is 53.3 Å². The van der Waals surface area contributed by atoms with Gasteiger partial charge in [0.1, 0.15) is 0 Å². The fraction of sp³-hybridized carbons (Fsp3) is 0.364. The maximum Gasteiger partial charge on any atom is 0.222 e. The number of thiazole rings is 1. The number of carbonyl (C=O) groups is 1. The highest BCUT2D eigenvalue weighted by molar-refractivity contribution is 7.98. The van der Waals surface area contributed by atoms with Gasteiger partial charge >= 0.3 is 0 Å². The minimum absolute atomic E-state index is 0.279. The van der Waals surface area contributed by atoms with Crippen LogP contribution in [0.1, 0.15) is 18.4 Å². The van der Waals surface area contributed by atoms with E-state index < -0.39 is 0 Å². The number of hydrogen-bond donors (Lipinski definition) is 0. The molecule has 0 N–H and O–H groups in total. The minimum atomic E-state index is 0.279. The van der Waals surface area contributed by atoms with Gasteiger partial charge in [-0.2, -0.15) is 11.8 Å². The number of carbonyl (C=O) groups excluding carboxylic acids is 1. The zero-order valence-corrected chi connectivity index (χ0v) is 18.6. The molecule has 2 aromatic carbocycles. The molecule has 0 atom stereocenters. The molecule has 0 unspecified atom stereocenters. The predicted octanol–water partition coefficient (Wildman–Crippen LogP) is 5.31. The number of thioether (sulfide) groups is 1. The Morgan fingerprint density at radius 1 is 1.10 bits per heavy atom. The van der Waals surface area contributed by atoms with Crippen molar-refractivity contribution in [2.75, 3.05) is 36.8 Å². The van der Waals surface area contributed by atoms with E-state index in [0.717, 1.165) is 64.5 Å². The van der Waals surface area contributed by atoms with Gasteiger partial charge in [0.25, 0.3) is 0 Å². The zero-order chi connectivity index (χ0) is 20.1. The highest BCUT2D eigenvalue weighted by Gasteiger charge is 2.22. The minimum Gasteiger partial charge on any atom is -0.345 e. The average Bonchev–Trinajstić information content (AvgIpc) is 3.17. The van der Waals surface area contributed by atoms with Gasteiger partial charge in [0.15, 0.2) is 5.13 Å². The smallest absolute Gasteiger partial charge is 0.222 e. The summed E-state index contributed by atoms with van der Waals surface area (Å²) in [4.78, 5) is 21.5. The Kier molecular flexibility index (Phi) is 6.95. The monoisotopic (exact) mass is 445 g/mol. The fourth-order valence-electron chi connectivity index (χ4n) is 3.42. The van der Waals surface area contributed by atoms with Gasteiger partial charge in [-0.15, -0.1) is 0 Å². The van der Waals surface area contributed by atoms with Crippen LogP contribution >= 0.6 is 34.7 Å². The maximum absolute atomic E-state index is 12.5. The fourth-order valence-corrected chi connectivity index (χ4v) is 5.63. The molecular weight excluding hydrogens is 422 g/mol. The molecule has 0 bridgehead atoms. The lowest BCUT2D eigenvalue weighted by atomic mass is 10.2. The van der Waals surface area contributed by atoms with Crippen LogP contribution in [0.3, 0.4) is 0 Å². The Morgan fingerprint density at radius 3 is 2.69 bits per heavy atom. The van der Waals surface area contributed by atoms with Crippen LogP contribution in [0.5, 0.6) is 0 Å². The number of halogens is 1. The third kappa shape index (κ3) is 5.44. The molecule has 0 saturated carbocycles. The number of aromatic nitrogens is 1. The van der Waals surface area contributed by atoms with Gasteiger partial charge in [0, 0.05) is 43.4 Å². The van der Waals surface area contributed by atoms with Gasteiger partial charge in [-0.25, -0.2) is 4.98 Å². The van der Waals surface area contributed by atoms with E-state index in [1.807, 2.05) is 40.9 Å². The average molecular weight is 446 g/mol. The molecule has 0 aliphatic carbocycles. The van der Waals surface area contributed by atoms with E-state index in [4.69, 9.17) is 16.6 Å². The van der Waals surface area contributed by atoms with E-state index in [1.165, 1.54) is 5.56 Å². The first-order valence-corrected chi connectivity index (χ1v) is 12.2. The van der Waals surface area contributed by atoms with E-state index in [0.29, 0.717) is 6.42 Å². The van der Waals surface area contributed by atoms with E-state index in [-0.39, 0.29) is 5.91 Å². The lowest BCUT2D eigenvalue weighted by Crippen LogP contribution is -2.48. The molecule has 4 nitrogen and oxygen atoms in total. The van der Waals surface area contributed by atoms with Crippen molar-refractivity contribution in [1.82, 2.24) is 9.88 Å². The molecule has 2 heterocycles. The molecule has 1 aliphatic heterocycles.